The van der Waals surface area contributed by atoms with Crippen LogP contribution in [0.1, 0.15) is 0 Å². The first kappa shape index (κ1) is 12.5. The maximum absolute atomic E-state index is 12.9. The highest BCUT2D eigenvalue weighted by Gasteiger charge is 2.10. The molecule has 2 aromatic rings. The Morgan fingerprint density at radius 3 is 2.94 bits per heavy atom. The van der Waals surface area contributed by atoms with Crippen LogP contribution < -0.4 is 10.3 Å². The first-order valence-corrected chi connectivity index (χ1v) is 6.31. The molecule has 1 N–H and O–H groups in total. The van der Waals surface area contributed by atoms with Crippen LogP contribution in [0, 0.1) is 9.39 Å². The molecule has 1 heterocycles. The molecule has 1 aromatic heterocycles. The van der Waals surface area contributed by atoms with Crippen molar-refractivity contribution in [1.29, 1.82) is 0 Å². The minimum absolute atomic E-state index is 0.182. The number of hydrogen-bond acceptors (Lipinski definition) is 3. The lowest BCUT2D eigenvalue weighted by molar-refractivity contribution is 0.452. The smallest absolute Gasteiger partial charge is 0.268 e. The van der Waals surface area contributed by atoms with Gasteiger partial charge in [0.15, 0.2) is 0 Å². The van der Waals surface area contributed by atoms with Crippen LogP contribution in [0.15, 0.2) is 33.8 Å². The van der Waals surface area contributed by atoms with Crippen LogP contribution in [0.4, 0.5) is 4.39 Å². The van der Waals surface area contributed by atoms with Gasteiger partial charge in [-0.2, -0.15) is 0 Å². The highest BCUT2D eigenvalue weighted by molar-refractivity contribution is 14.1. The zero-order valence-corrected chi connectivity index (χ0v) is 12.0. The summed E-state index contributed by atoms with van der Waals surface area (Å²) in [6.07, 6.45) is 1.25. The number of nitrogens with zero attached hydrogens (tertiary/aromatic N) is 1. The lowest BCUT2D eigenvalue weighted by Gasteiger charge is -2.07. The van der Waals surface area contributed by atoms with Crippen LogP contribution in [-0.2, 0) is 0 Å². The van der Waals surface area contributed by atoms with Crippen molar-refractivity contribution in [3.8, 4) is 11.6 Å². The van der Waals surface area contributed by atoms with Crippen molar-refractivity contribution in [1.82, 2.24) is 9.97 Å². The van der Waals surface area contributed by atoms with E-state index < -0.39 is 0 Å². The van der Waals surface area contributed by atoms with Gasteiger partial charge in [-0.05, 0) is 56.7 Å². The Morgan fingerprint density at radius 1 is 1.47 bits per heavy atom. The van der Waals surface area contributed by atoms with E-state index >= 15 is 0 Å². The van der Waals surface area contributed by atoms with Crippen LogP contribution in [0.2, 0.25) is 0 Å². The largest absolute Gasteiger partial charge is 0.436 e. The topological polar surface area (TPSA) is 55.0 Å². The van der Waals surface area contributed by atoms with Gasteiger partial charge in [-0.15, -0.1) is 0 Å². The summed E-state index contributed by atoms with van der Waals surface area (Å²) in [7, 11) is 0. The van der Waals surface area contributed by atoms with Crippen molar-refractivity contribution in [2.75, 3.05) is 0 Å². The minimum atomic E-state index is -0.377. The second-order valence-electron chi connectivity index (χ2n) is 3.03. The molecule has 0 radical (unpaired) electrons. The fourth-order valence-electron chi connectivity index (χ4n) is 1.10. The van der Waals surface area contributed by atoms with E-state index in [4.69, 9.17) is 4.74 Å². The number of H-pyrrole nitrogens is 1. The quantitative estimate of drug-likeness (QED) is 0.774. The number of benzene rings is 1. The third kappa shape index (κ3) is 2.83. The number of ether oxygens (including phenoxy) is 1. The molecular formula is C10H5BrFIN2O2. The van der Waals surface area contributed by atoms with Crippen molar-refractivity contribution < 1.29 is 9.13 Å². The Kier molecular flexibility index (Phi) is 3.77. The molecule has 7 heteroatoms. The number of hydrogen-bond donors (Lipinski definition) is 1. The van der Waals surface area contributed by atoms with Crippen LogP contribution in [-0.4, -0.2) is 9.97 Å². The third-order valence-electron chi connectivity index (χ3n) is 1.87. The van der Waals surface area contributed by atoms with Crippen LogP contribution in [0.25, 0.3) is 0 Å². The maximum atomic E-state index is 12.9. The number of halogens is 3. The molecule has 4 nitrogen and oxygen atoms in total. The van der Waals surface area contributed by atoms with Gasteiger partial charge in [-0.3, -0.25) is 4.79 Å². The van der Waals surface area contributed by atoms with E-state index in [9.17, 15) is 9.18 Å². The van der Waals surface area contributed by atoms with Crippen molar-refractivity contribution in [3.63, 3.8) is 0 Å². The fraction of sp³-hybridized carbons (Fsp3) is 0. The second kappa shape index (κ2) is 5.13. The van der Waals surface area contributed by atoms with E-state index in [1.165, 1.54) is 24.5 Å². The Bertz CT molecular complexity index is 617. The fourth-order valence-corrected chi connectivity index (χ4v) is 1.94. The molecule has 88 valence electrons. The standard InChI is InChI=1S/C10H5BrFIN2O2/c11-6-3-5(12)1-2-7(6)17-10-8(13)9(16)14-4-15-10/h1-4H,(H,14,15,16). The summed E-state index contributed by atoms with van der Waals surface area (Å²) < 4.78 is 19.1. The Labute approximate surface area is 117 Å². The van der Waals surface area contributed by atoms with E-state index in [1.807, 2.05) is 22.6 Å². The highest BCUT2D eigenvalue weighted by atomic mass is 127. The van der Waals surface area contributed by atoms with Gasteiger partial charge in [0.1, 0.15) is 15.1 Å². The summed E-state index contributed by atoms with van der Waals surface area (Å²) in [6, 6.07) is 3.99. The molecule has 0 amide bonds. The van der Waals surface area contributed by atoms with Crippen LogP contribution in [0.3, 0.4) is 0 Å². The van der Waals surface area contributed by atoms with Gasteiger partial charge in [-0.25, -0.2) is 9.37 Å². The molecular weight excluding hydrogens is 406 g/mol. The number of rotatable bonds is 2. The first-order chi connectivity index (χ1) is 8.08. The lowest BCUT2D eigenvalue weighted by atomic mass is 10.3. The molecule has 0 saturated carbocycles. The molecule has 0 spiro atoms. The SMILES string of the molecule is O=c1[nH]cnc(Oc2ccc(F)cc2Br)c1I. The molecule has 1 aromatic carbocycles. The Morgan fingerprint density at radius 2 is 2.24 bits per heavy atom. The zero-order valence-electron chi connectivity index (χ0n) is 8.21. The van der Waals surface area contributed by atoms with Gasteiger partial charge in [0, 0.05) is 0 Å². The molecule has 2 rings (SSSR count). The average molecular weight is 411 g/mol. The van der Waals surface area contributed by atoms with E-state index in [0.717, 1.165) is 0 Å². The number of nitrogens with one attached hydrogen (secondary N) is 1. The number of aromatic amines is 1. The molecule has 0 fully saturated rings. The molecule has 0 unspecified atom stereocenters. The Balaban J connectivity index is 2.38. The number of aromatic nitrogens is 2. The average Bonchev–Trinajstić information content (AvgIpc) is 2.28. The minimum Gasteiger partial charge on any atom is -0.436 e. The molecule has 17 heavy (non-hydrogen) atoms. The van der Waals surface area contributed by atoms with Crippen molar-refractivity contribution >= 4 is 38.5 Å². The van der Waals surface area contributed by atoms with E-state index in [0.29, 0.717) is 13.8 Å². The first-order valence-electron chi connectivity index (χ1n) is 4.44. The van der Waals surface area contributed by atoms with Gasteiger partial charge in [0.2, 0.25) is 5.88 Å². The van der Waals surface area contributed by atoms with Gasteiger partial charge in [-0.1, -0.05) is 0 Å². The Hall–Kier alpha value is -0.960. The van der Waals surface area contributed by atoms with Crippen molar-refractivity contribution in [2.45, 2.75) is 0 Å². The lowest BCUT2D eigenvalue weighted by Crippen LogP contribution is -2.11. The summed E-state index contributed by atoms with van der Waals surface area (Å²) in [5.41, 5.74) is -0.283. The molecule has 0 aliphatic carbocycles. The summed E-state index contributed by atoms with van der Waals surface area (Å²) >= 11 is 5.00. The zero-order chi connectivity index (χ0) is 12.4. The van der Waals surface area contributed by atoms with Crippen LogP contribution in [0.5, 0.6) is 11.6 Å². The monoisotopic (exact) mass is 410 g/mol. The van der Waals surface area contributed by atoms with Crippen LogP contribution >= 0.6 is 38.5 Å². The predicted molar refractivity (Wildman–Crippen MR) is 71.7 cm³/mol. The highest BCUT2D eigenvalue weighted by Crippen LogP contribution is 2.30. The van der Waals surface area contributed by atoms with Gasteiger partial charge >= 0.3 is 0 Å². The molecule has 0 saturated heterocycles. The van der Waals surface area contributed by atoms with E-state index in [2.05, 4.69) is 25.9 Å². The van der Waals surface area contributed by atoms with E-state index in [1.54, 1.807) is 0 Å². The normalized spacial score (nSPS) is 10.3. The second-order valence-corrected chi connectivity index (χ2v) is 4.96. The van der Waals surface area contributed by atoms with Gasteiger partial charge in [0.05, 0.1) is 10.8 Å². The summed E-state index contributed by atoms with van der Waals surface area (Å²) in [4.78, 5) is 17.6. The maximum Gasteiger partial charge on any atom is 0.268 e. The van der Waals surface area contributed by atoms with Gasteiger partial charge < -0.3 is 9.72 Å². The molecule has 0 aliphatic rings. The molecule has 0 bridgehead atoms. The summed E-state index contributed by atoms with van der Waals surface area (Å²) in [6.45, 7) is 0. The summed E-state index contributed by atoms with van der Waals surface area (Å²) in [5.74, 6) is 0.196. The predicted octanol–water partition coefficient (Wildman–Crippen LogP) is 3.07. The summed E-state index contributed by atoms with van der Waals surface area (Å²) in [5, 5.41) is 0. The van der Waals surface area contributed by atoms with E-state index in [-0.39, 0.29) is 17.3 Å². The molecule has 0 atom stereocenters. The molecule has 0 aliphatic heterocycles. The third-order valence-corrected chi connectivity index (χ3v) is 3.44. The van der Waals surface area contributed by atoms with Gasteiger partial charge in [0.25, 0.3) is 5.56 Å². The van der Waals surface area contributed by atoms with Crippen molar-refractivity contribution in [2.24, 2.45) is 0 Å². The van der Waals surface area contributed by atoms with Crippen molar-refractivity contribution in [3.05, 3.63) is 48.7 Å².